The number of carbonyl (C=O) groups excluding carboxylic acids is 1. The molecule has 2 fully saturated rings. The van der Waals surface area contributed by atoms with E-state index in [2.05, 4.69) is 26.3 Å². The highest BCUT2D eigenvalue weighted by molar-refractivity contribution is 5.81. The molecule has 25 heavy (non-hydrogen) atoms. The lowest BCUT2D eigenvalue weighted by molar-refractivity contribution is -0.132. The van der Waals surface area contributed by atoms with Crippen LogP contribution >= 0.6 is 0 Å². The lowest BCUT2D eigenvalue weighted by Gasteiger charge is -2.22. The number of likely N-dealkylation sites (tertiary alicyclic amines) is 1. The van der Waals surface area contributed by atoms with Crippen LogP contribution in [0.3, 0.4) is 0 Å². The minimum atomic E-state index is -0.369. The summed E-state index contributed by atoms with van der Waals surface area (Å²) in [5, 5.41) is 2.95. The van der Waals surface area contributed by atoms with E-state index in [1.54, 1.807) is 12.4 Å². The predicted octanol–water partition coefficient (Wildman–Crippen LogP) is 0.863. The molecule has 0 aliphatic carbocycles. The Labute approximate surface area is 147 Å². The Bertz CT molecular complexity index is 732. The molecular formula is C18H23N5O2. The number of pyridine rings is 1. The average Bonchev–Trinajstić information content (AvgIpc) is 3.31. The largest absolute Gasteiger partial charge is 0.363 e. The van der Waals surface area contributed by atoms with Gasteiger partial charge in [-0.25, -0.2) is 4.98 Å². The van der Waals surface area contributed by atoms with Crippen LogP contribution in [-0.4, -0.2) is 50.1 Å². The Morgan fingerprint density at radius 2 is 2.36 bits per heavy atom. The van der Waals surface area contributed by atoms with Crippen molar-refractivity contribution in [3.63, 3.8) is 0 Å². The first kappa shape index (κ1) is 16.2. The van der Waals surface area contributed by atoms with Crippen LogP contribution in [0.2, 0.25) is 0 Å². The summed E-state index contributed by atoms with van der Waals surface area (Å²) < 4.78 is 7.92. The van der Waals surface area contributed by atoms with Crippen molar-refractivity contribution in [3.8, 4) is 0 Å². The van der Waals surface area contributed by atoms with Gasteiger partial charge in [0.15, 0.2) is 0 Å². The number of aryl methyl sites for hydroxylation is 1. The molecule has 1 amide bonds. The fourth-order valence-electron chi connectivity index (χ4n) is 3.77. The summed E-state index contributed by atoms with van der Waals surface area (Å²) in [6.45, 7) is 2.29. The van der Waals surface area contributed by atoms with Gasteiger partial charge in [-0.3, -0.25) is 14.7 Å². The molecule has 0 radical (unpaired) electrons. The van der Waals surface area contributed by atoms with Crippen LogP contribution in [-0.2, 0) is 29.7 Å². The number of fused-ring (bicyclic) bond motifs is 1. The smallest absolute Gasteiger partial charge is 0.249 e. The summed E-state index contributed by atoms with van der Waals surface area (Å²) in [6.07, 6.45) is 8.80. The van der Waals surface area contributed by atoms with Gasteiger partial charge in [-0.2, -0.15) is 0 Å². The third-order valence-electron chi connectivity index (χ3n) is 5.14. The van der Waals surface area contributed by atoms with E-state index in [0.29, 0.717) is 12.6 Å². The van der Waals surface area contributed by atoms with Crippen LogP contribution in [0, 0.1) is 0 Å². The van der Waals surface area contributed by atoms with Crippen LogP contribution in [0.15, 0.2) is 36.9 Å². The number of nitrogens with zero attached hydrogens (tertiary/aromatic N) is 4. The molecule has 0 spiro atoms. The number of nitrogens with one attached hydrogen (secondary N) is 1. The second kappa shape index (κ2) is 6.93. The van der Waals surface area contributed by atoms with Crippen LogP contribution in [0.4, 0.5) is 0 Å². The highest BCUT2D eigenvalue weighted by Crippen LogP contribution is 2.33. The third-order valence-corrected chi connectivity index (χ3v) is 5.14. The van der Waals surface area contributed by atoms with E-state index >= 15 is 0 Å². The highest BCUT2D eigenvalue weighted by Gasteiger charge is 2.45. The van der Waals surface area contributed by atoms with E-state index in [1.165, 1.54) is 5.56 Å². The first-order valence-corrected chi connectivity index (χ1v) is 8.73. The number of ether oxygens (including phenoxy) is 1. The zero-order valence-electron chi connectivity index (χ0n) is 14.3. The summed E-state index contributed by atoms with van der Waals surface area (Å²) in [5.41, 5.74) is 1.20. The standard InChI is InChI=1S/C18H23N5O2/c1-22-8-6-20-17(22)11-21-18(24)16-9-14-15(25-16)4-7-23(14)12-13-3-2-5-19-10-13/h2-3,5-6,8,10,14-16H,4,7,9,11-12H2,1H3,(H,21,24)/t14-,15-,16+/m1/s1. The zero-order chi connectivity index (χ0) is 17.2. The van der Waals surface area contributed by atoms with Gasteiger partial charge in [0.2, 0.25) is 5.91 Å². The normalized spacial score (nSPS) is 25.9. The molecule has 2 aromatic heterocycles. The van der Waals surface area contributed by atoms with E-state index in [9.17, 15) is 4.79 Å². The second-order valence-corrected chi connectivity index (χ2v) is 6.76. The van der Waals surface area contributed by atoms with Gasteiger partial charge in [0, 0.05) is 57.4 Å². The van der Waals surface area contributed by atoms with Crippen molar-refractivity contribution in [2.45, 2.75) is 44.2 Å². The van der Waals surface area contributed by atoms with Crippen LogP contribution in [0.5, 0.6) is 0 Å². The van der Waals surface area contributed by atoms with Gasteiger partial charge in [0.25, 0.3) is 0 Å². The fraction of sp³-hybridized carbons (Fsp3) is 0.500. The first-order valence-electron chi connectivity index (χ1n) is 8.73. The maximum atomic E-state index is 12.4. The maximum absolute atomic E-state index is 12.4. The molecule has 132 valence electrons. The van der Waals surface area contributed by atoms with Crippen molar-refractivity contribution in [1.82, 2.24) is 24.8 Å². The number of rotatable bonds is 5. The maximum Gasteiger partial charge on any atom is 0.249 e. The first-order chi connectivity index (χ1) is 12.2. The highest BCUT2D eigenvalue weighted by atomic mass is 16.5. The molecule has 2 aromatic rings. The van der Waals surface area contributed by atoms with Crippen LogP contribution < -0.4 is 5.32 Å². The molecule has 3 atom stereocenters. The minimum Gasteiger partial charge on any atom is -0.363 e. The molecular weight excluding hydrogens is 318 g/mol. The van der Waals surface area contributed by atoms with E-state index in [0.717, 1.165) is 31.8 Å². The summed E-state index contributed by atoms with van der Waals surface area (Å²) in [4.78, 5) is 23.3. The molecule has 0 bridgehead atoms. The number of aromatic nitrogens is 3. The summed E-state index contributed by atoms with van der Waals surface area (Å²) >= 11 is 0. The van der Waals surface area contributed by atoms with Crippen molar-refractivity contribution in [2.75, 3.05) is 6.54 Å². The van der Waals surface area contributed by atoms with Crippen molar-refractivity contribution < 1.29 is 9.53 Å². The number of carbonyl (C=O) groups is 1. The summed E-state index contributed by atoms with van der Waals surface area (Å²) in [5.74, 6) is 0.795. The second-order valence-electron chi connectivity index (χ2n) is 6.76. The van der Waals surface area contributed by atoms with E-state index in [-0.39, 0.29) is 18.1 Å². The molecule has 7 heteroatoms. The van der Waals surface area contributed by atoms with Crippen molar-refractivity contribution in [2.24, 2.45) is 7.05 Å². The van der Waals surface area contributed by atoms with Crippen LogP contribution in [0.25, 0.3) is 0 Å². The number of amides is 1. The minimum absolute atomic E-state index is 0.0428. The van der Waals surface area contributed by atoms with E-state index in [4.69, 9.17) is 4.74 Å². The molecule has 1 N–H and O–H groups in total. The lowest BCUT2D eigenvalue weighted by atomic mass is 10.1. The lowest BCUT2D eigenvalue weighted by Crippen LogP contribution is -2.36. The van der Waals surface area contributed by atoms with Crippen molar-refractivity contribution in [3.05, 3.63) is 48.3 Å². The van der Waals surface area contributed by atoms with E-state index < -0.39 is 0 Å². The molecule has 2 aliphatic heterocycles. The molecule has 0 saturated carbocycles. The molecule has 4 rings (SSSR count). The van der Waals surface area contributed by atoms with Crippen LogP contribution in [0.1, 0.15) is 24.2 Å². The molecule has 2 aliphatic rings. The van der Waals surface area contributed by atoms with Gasteiger partial charge in [-0.15, -0.1) is 0 Å². The Morgan fingerprint density at radius 3 is 3.12 bits per heavy atom. The molecule has 4 heterocycles. The van der Waals surface area contributed by atoms with Crippen molar-refractivity contribution >= 4 is 5.91 Å². The summed E-state index contributed by atoms with van der Waals surface area (Å²) in [6, 6.07) is 4.36. The molecule has 0 unspecified atom stereocenters. The zero-order valence-corrected chi connectivity index (χ0v) is 14.3. The Kier molecular flexibility index (Phi) is 4.50. The van der Waals surface area contributed by atoms with Gasteiger partial charge < -0.3 is 14.6 Å². The molecule has 2 saturated heterocycles. The fourth-order valence-corrected chi connectivity index (χ4v) is 3.77. The molecule has 0 aromatic carbocycles. The van der Waals surface area contributed by atoms with Gasteiger partial charge in [-0.05, 0) is 18.1 Å². The predicted molar refractivity (Wildman–Crippen MR) is 91.4 cm³/mol. The number of hydrogen-bond donors (Lipinski definition) is 1. The third kappa shape index (κ3) is 3.43. The van der Waals surface area contributed by atoms with E-state index in [1.807, 2.05) is 30.1 Å². The monoisotopic (exact) mass is 341 g/mol. The van der Waals surface area contributed by atoms with Gasteiger partial charge >= 0.3 is 0 Å². The van der Waals surface area contributed by atoms with Gasteiger partial charge in [0.1, 0.15) is 11.9 Å². The molecule has 7 nitrogen and oxygen atoms in total. The van der Waals surface area contributed by atoms with Gasteiger partial charge in [0.05, 0.1) is 12.6 Å². The Hall–Kier alpha value is -2.25. The SMILES string of the molecule is Cn1ccnc1CNC(=O)[C@@H]1C[C@@H]2[C@@H](CCN2Cc2cccnc2)O1. The number of imidazole rings is 1. The summed E-state index contributed by atoms with van der Waals surface area (Å²) in [7, 11) is 1.92. The quantitative estimate of drug-likeness (QED) is 0.873. The average molecular weight is 341 g/mol. The number of hydrogen-bond acceptors (Lipinski definition) is 5. The van der Waals surface area contributed by atoms with Gasteiger partial charge in [-0.1, -0.05) is 6.07 Å². The Balaban J connectivity index is 1.33. The van der Waals surface area contributed by atoms with Crippen molar-refractivity contribution in [1.29, 1.82) is 0 Å². The topological polar surface area (TPSA) is 72.3 Å². The Morgan fingerprint density at radius 1 is 1.44 bits per heavy atom.